The van der Waals surface area contributed by atoms with Crippen LogP contribution in [0.5, 0.6) is 5.75 Å². The molecule has 6 nitrogen and oxygen atoms in total. The maximum Gasteiger partial charge on any atom is 0.310 e. The highest BCUT2D eigenvalue weighted by Gasteiger charge is 2.16. The maximum atomic E-state index is 12.2. The minimum absolute atomic E-state index is 0.0961. The van der Waals surface area contributed by atoms with E-state index in [9.17, 15) is 13.2 Å². The Hall–Kier alpha value is -2.38. The summed E-state index contributed by atoms with van der Waals surface area (Å²) >= 11 is 0. The van der Waals surface area contributed by atoms with Gasteiger partial charge < -0.3 is 9.50 Å². The highest BCUT2D eigenvalue weighted by Crippen LogP contribution is 2.15. The van der Waals surface area contributed by atoms with Gasteiger partial charge in [-0.3, -0.25) is 9.69 Å². The van der Waals surface area contributed by atoms with Gasteiger partial charge in [0.2, 0.25) is 5.91 Å². The molecule has 0 aromatic heterocycles. The molecule has 0 heterocycles. The first-order valence-corrected chi connectivity index (χ1v) is 10.0. The molecule has 26 heavy (non-hydrogen) atoms. The van der Waals surface area contributed by atoms with Crippen LogP contribution in [0.4, 0.5) is 5.69 Å². The Morgan fingerprint density at radius 3 is 2.42 bits per heavy atom. The molecule has 0 aliphatic rings. The molecular formula is C19H24N2O4S. The van der Waals surface area contributed by atoms with Gasteiger partial charge in [0, 0.05) is 12.2 Å². The number of nitrogens with one attached hydrogen (secondary N) is 1. The minimum atomic E-state index is -3.71. The van der Waals surface area contributed by atoms with Gasteiger partial charge in [-0.05, 0) is 37.2 Å². The van der Waals surface area contributed by atoms with Crippen molar-refractivity contribution in [3.63, 3.8) is 0 Å². The van der Waals surface area contributed by atoms with Crippen molar-refractivity contribution in [3.05, 3.63) is 60.2 Å². The van der Waals surface area contributed by atoms with Crippen LogP contribution in [-0.4, -0.2) is 45.1 Å². The fourth-order valence-electron chi connectivity index (χ4n) is 2.40. The number of benzene rings is 2. The largest absolute Gasteiger partial charge is 0.382 e. The van der Waals surface area contributed by atoms with Crippen LogP contribution in [0.2, 0.25) is 0 Å². The predicted molar refractivity (Wildman–Crippen MR) is 103 cm³/mol. The summed E-state index contributed by atoms with van der Waals surface area (Å²) in [5.74, 6) is -0.101. The third-order valence-corrected chi connectivity index (χ3v) is 4.90. The molecule has 140 valence electrons. The smallest absolute Gasteiger partial charge is 0.310 e. The van der Waals surface area contributed by atoms with Gasteiger partial charge in [-0.1, -0.05) is 43.3 Å². The Labute approximate surface area is 154 Å². The van der Waals surface area contributed by atoms with E-state index in [4.69, 9.17) is 4.18 Å². The molecule has 2 rings (SSSR count). The summed E-state index contributed by atoms with van der Waals surface area (Å²) in [6, 6.07) is 16.0. The molecule has 0 atom stereocenters. The molecule has 0 aliphatic heterocycles. The summed E-state index contributed by atoms with van der Waals surface area (Å²) in [6.45, 7) is 2.31. The molecule has 2 aromatic carbocycles. The highest BCUT2D eigenvalue weighted by molar-refractivity contribution is 7.87. The van der Waals surface area contributed by atoms with Crippen LogP contribution in [0.15, 0.2) is 54.6 Å². The number of hydrogen-bond donors (Lipinski definition) is 1. The number of carbonyl (C=O) groups excluding carboxylic acids is 1. The molecule has 0 bridgehead atoms. The second-order valence-electron chi connectivity index (χ2n) is 5.95. The zero-order valence-corrected chi connectivity index (χ0v) is 15.8. The van der Waals surface area contributed by atoms with Crippen LogP contribution in [0.3, 0.4) is 0 Å². The van der Waals surface area contributed by atoms with Crippen molar-refractivity contribution in [3.8, 4) is 5.75 Å². The fraction of sp³-hybridized carbons (Fsp3) is 0.316. The van der Waals surface area contributed by atoms with E-state index in [1.54, 1.807) is 42.3 Å². The Kier molecular flexibility index (Phi) is 7.17. The van der Waals surface area contributed by atoms with E-state index in [0.717, 1.165) is 17.7 Å². The fourth-order valence-corrected chi connectivity index (χ4v) is 3.42. The van der Waals surface area contributed by atoms with E-state index < -0.39 is 10.1 Å². The highest BCUT2D eigenvalue weighted by atomic mass is 32.2. The number of anilines is 1. The van der Waals surface area contributed by atoms with E-state index in [0.29, 0.717) is 0 Å². The summed E-state index contributed by atoms with van der Waals surface area (Å²) < 4.78 is 29.1. The lowest BCUT2D eigenvalue weighted by molar-refractivity contribution is -0.117. The van der Waals surface area contributed by atoms with Crippen LogP contribution in [0.1, 0.15) is 12.5 Å². The van der Waals surface area contributed by atoms with Crippen LogP contribution >= 0.6 is 0 Å². The lowest BCUT2D eigenvalue weighted by atomic mass is 10.1. The molecule has 0 spiro atoms. The van der Waals surface area contributed by atoms with E-state index in [-0.39, 0.29) is 30.5 Å². The van der Waals surface area contributed by atoms with Gasteiger partial charge in [0.25, 0.3) is 0 Å². The number of carbonyl (C=O) groups is 1. The van der Waals surface area contributed by atoms with Crippen molar-refractivity contribution in [1.82, 2.24) is 4.90 Å². The zero-order valence-electron chi connectivity index (χ0n) is 15.0. The third kappa shape index (κ3) is 6.50. The van der Waals surface area contributed by atoms with Gasteiger partial charge >= 0.3 is 10.1 Å². The lowest BCUT2D eigenvalue weighted by Gasteiger charge is -2.17. The number of para-hydroxylation sites is 2. The molecule has 0 unspecified atom stereocenters. The SMILES string of the molecule is CCc1ccccc1NC(=O)CN(C)CCS(=O)(=O)Oc1ccccc1. The summed E-state index contributed by atoms with van der Waals surface area (Å²) in [6.07, 6.45) is 0.821. The van der Waals surface area contributed by atoms with Crippen molar-refractivity contribution in [2.75, 3.05) is 31.2 Å². The van der Waals surface area contributed by atoms with Crippen molar-refractivity contribution in [1.29, 1.82) is 0 Å². The first kappa shape index (κ1) is 19.9. The van der Waals surface area contributed by atoms with E-state index >= 15 is 0 Å². The standard InChI is InChI=1S/C19H24N2O4S/c1-3-16-9-7-8-12-18(16)20-19(22)15-21(2)13-14-26(23,24)25-17-10-5-4-6-11-17/h4-12H,3,13-15H2,1-2H3,(H,20,22). The van der Waals surface area contributed by atoms with Gasteiger partial charge in [0.15, 0.2) is 0 Å². The Morgan fingerprint density at radius 1 is 1.08 bits per heavy atom. The molecule has 7 heteroatoms. The summed E-state index contributed by atoms with van der Waals surface area (Å²) in [5.41, 5.74) is 1.84. The normalized spacial score (nSPS) is 11.3. The van der Waals surface area contributed by atoms with Crippen LogP contribution in [0, 0.1) is 0 Å². The topological polar surface area (TPSA) is 75.7 Å². The van der Waals surface area contributed by atoms with E-state index in [1.807, 2.05) is 31.2 Å². The number of nitrogens with zero attached hydrogens (tertiary/aromatic N) is 1. The monoisotopic (exact) mass is 376 g/mol. The Bertz CT molecular complexity index is 822. The average molecular weight is 376 g/mol. The summed E-state index contributed by atoms with van der Waals surface area (Å²) in [4.78, 5) is 13.8. The van der Waals surface area contributed by atoms with Gasteiger partial charge in [0.05, 0.1) is 12.3 Å². The second-order valence-corrected chi connectivity index (χ2v) is 7.65. The molecule has 2 aromatic rings. The lowest BCUT2D eigenvalue weighted by Crippen LogP contribution is -2.34. The van der Waals surface area contributed by atoms with Gasteiger partial charge in [-0.15, -0.1) is 0 Å². The molecule has 0 fully saturated rings. The number of likely N-dealkylation sites (N-methyl/N-ethyl adjacent to an activating group) is 1. The van der Waals surface area contributed by atoms with Crippen LogP contribution in [0.25, 0.3) is 0 Å². The number of amides is 1. The van der Waals surface area contributed by atoms with Crippen molar-refractivity contribution >= 4 is 21.7 Å². The van der Waals surface area contributed by atoms with Crippen molar-refractivity contribution in [2.45, 2.75) is 13.3 Å². The van der Waals surface area contributed by atoms with Crippen molar-refractivity contribution in [2.24, 2.45) is 0 Å². The maximum absolute atomic E-state index is 12.2. The molecule has 1 N–H and O–H groups in total. The van der Waals surface area contributed by atoms with Gasteiger partial charge in [0.1, 0.15) is 5.75 Å². The number of hydrogen-bond acceptors (Lipinski definition) is 5. The van der Waals surface area contributed by atoms with Crippen LogP contribution in [-0.2, 0) is 21.3 Å². The zero-order chi connectivity index (χ0) is 19.0. The van der Waals surface area contributed by atoms with E-state index in [2.05, 4.69) is 5.32 Å². The van der Waals surface area contributed by atoms with Crippen LogP contribution < -0.4 is 9.50 Å². The van der Waals surface area contributed by atoms with Gasteiger partial charge in [-0.25, -0.2) is 0 Å². The first-order valence-electron chi connectivity index (χ1n) is 8.43. The average Bonchev–Trinajstić information content (AvgIpc) is 2.61. The Balaban J connectivity index is 1.82. The molecule has 0 saturated heterocycles. The number of rotatable bonds is 9. The summed E-state index contributed by atoms with van der Waals surface area (Å²) in [7, 11) is -2.01. The molecular weight excluding hydrogens is 352 g/mol. The summed E-state index contributed by atoms with van der Waals surface area (Å²) in [5, 5.41) is 2.87. The third-order valence-electron chi connectivity index (χ3n) is 3.78. The second kappa shape index (κ2) is 9.35. The molecule has 0 aliphatic carbocycles. The van der Waals surface area contributed by atoms with Crippen molar-refractivity contribution < 1.29 is 17.4 Å². The predicted octanol–water partition coefficient (Wildman–Crippen LogP) is 2.53. The van der Waals surface area contributed by atoms with E-state index in [1.165, 1.54) is 0 Å². The molecule has 0 radical (unpaired) electrons. The molecule has 1 amide bonds. The van der Waals surface area contributed by atoms with Gasteiger partial charge in [-0.2, -0.15) is 8.42 Å². The molecule has 0 saturated carbocycles. The minimum Gasteiger partial charge on any atom is -0.382 e. The Morgan fingerprint density at radius 2 is 1.73 bits per heavy atom. The first-order chi connectivity index (χ1) is 12.4. The quantitative estimate of drug-likeness (QED) is 0.681. The number of aryl methyl sites for hydroxylation is 1.